The molecule has 122 valence electrons. The molecule has 2 rings (SSSR count). The van der Waals surface area contributed by atoms with Crippen molar-refractivity contribution in [2.24, 2.45) is 0 Å². The number of anilines is 1. The zero-order valence-electron chi connectivity index (χ0n) is 13.0. The molecular weight excluding hydrogens is 336 g/mol. The summed E-state index contributed by atoms with van der Waals surface area (Å²) in [6, 6.07) is 8.49. The van der Waals surface area contributed by atoms with Crippen molar-refractivity contribution in [1.82, 2.24) is 0 Å². The summed E-state index contributed by atoms with van der Waals surface area (Å²) in [6.45, 7) is 3.59. The van der Waals surface area contributed by atoms with E-state index >= 15 is 0 Å². The number of aromatic nitrogens is 1. The summed E-state index contributed by atoms with van der Waals surface area (Å²) >= 11 is 7.24. The van der Waals surface area contributed by atoms with Crippen molar-refractivity contribution >= 4 is 35.0 Å². The van der Waals surface area contributed by atoms with E-state index in [0.717, 1.165) is 10.3 Å². The zero-order chi connectivity index (χ0) is 17.0. The minimum absolute atomic E-state index is 0.223. The van der Waals surface area contributed by atoms with E-state index in [1.807, 2.05) is 6.92 Å². The normalized spacial score (nSPS) is 11.8. The molecule has 7 heteroatoms. The highest BCUT2D eigenvalue weighted by atomic mass is 35.5. The molecular formula is C16H17ClN2O3S. The predicted molar refractivity (Wildman–Crippen MR) is 92.1 cm³/mol. The molecule has 0 saturated heterocycles. The molecule has 1 unspecified atom stereocenters. The van der Waals surface area contributed by atoms with Crippen molar-refractivity contribution in [2.75, 3.05) is 12.4 Å². The number of hydrogen-bond acceptors (Lipinski definition) is 4. The molecule has 0 radical (unpaired) electrons. The minimum Gasteiger partial charge on any atom is -0.618 e. The van der Waals surface area contributed by atoms with Gasteiger partial charge in [0.1, 0.15) is 5.75 Å². The number of halogens is 1. The maximum Gasteiger partial charge on any atom is 0.252 e. The maximum atomic E-state index is 12.4. The lowest BCUT2D eigenvalue weighted by atomic mass is 10.2. The lowest BCUT2D eigenvalue weighted by Gasteiger charge is -2.15. The van der Waals surface area contributed by atoms with E-state index in [9.17, 15) is 10.0 Å². The van der Waals surface area contributed by atoms with Gasteiger partial charge in [0.25, 0.3) is 5.03 Å². The second kappa shape index (κ2) is 7.57. The molecule has 1 N–H and O–H groups in total. The highest BCUT2D eigenvalue weighted by Gasteiger charge is 2.20. The first-order chi connectivity index (χ1) is 10.9. The number of methoxy groups -OCH3 is 1. The van der Waals surface area contributed by atoms with Crippen LogP contribution < -0.4 is 14.8 Å². The summed E-state index contributed by atoms with van der Waals surface area (Å²) in [7, 11) is 1.51. The smallest absolute Gasteiger partial charge is 0.252 e. The van der Waals surface area contributed by atoms with Crippen LogP contribution >= 0.6 is 23.4 Å². The van der Waals surface area contributed by atoms with Gasteiger partial charge in [0.05, 0.1) is 18.0 Å². The molecule has 1 atom stereocenters. The molecule has 0 bridgehead atoms. The Bertz CT molecular complexity index is 724. The van der Waals surface area contributed by atoms with Crippen molar-refractivity contribution in [2.45, 2.75) is 24.1 Å². The Labute approximate surface area is 144 Å². The average Bonchev–Trinajstić information content (AvgIpc) is 2.52. The van der Waals surface area contributed by atoms with Crippen LogP contribution in [0.3, 0.4) is 0 Å². The number of nitrogens with one attached hydrogen (secondary N) is 1. The second-order valence-electron chi connectivity index (χ2n) is 4.92. The molecule has 1 aromatic heterocycles. The molecule has 0 aliphatic heterocycles. The molecule has 23 heavy (non-hydrogen) atoms. The fourth-order valence-corrected chi connectivity index (χ4v) is 2.91. The molecule has 1 heterocycles. The third kappa shape index (κ3) is 4.30. The SMILES string of the molecule is COc1cc(Cl)c(C)cc1NC(=O)C(C)Sc1cccc[n+]1[O-]. The van der Waals surface area contributed by atoms with Gasteiger partial charge in [0, 0.05) is 23.2 Å². The Morgan fingerprint density at radius 1 is 1.43 bits per heavy atom. The quantitative estimate of drug-likeness (QED) is 0.509. The van der Waals surface area contributed by atoms with E-state index < -0.39 is 5.25 Å². The fraction of sp³-hybridized carbons (Fsp3) is 0.250. The number of nitrogens with zero attached hydrogens (tertiary/aromatic N) is 1. The van der Waals surface area contributed by atoms with E-state index in [1.54, 1.807) is 37.3 Å². The predicted octanol–water partition coefficient (Wildman–Crippen LogP) is 3.41. The number of thioether (sulfide) groups is 1. The van der Waals surface area contributed by atoms with Gasteiger partial charge >= 0.3 is 0 Å². The molecule has 0 fully saturated rings. The number of benzene rings is 1. The van der Waals surface area contributed by atoms with Crippen molar-refractivity contribution in [3.63, 3.8) is 0 Å². The molecule has 1 amide bonds. The van der Waals surface area contributed by atoms with E-state index in [4.69, 9.17) is 16.3 Å². The van der Waals surface area contributed by atoms with Crippen molar-refractivity contribution in [3.8, 4) is 5.75 Å². The summed E-state index contributed by atoms with van der Waals surface area (Å²) in [5, 5.41) is 15.1. The zero-order valence-corrected chi connectivity index (χ0v) is 14.6. The first-order valence-corrected chi connectivity index (χ1v) is 8.18. The number of rotatable bonds is 5. The van der Waals surface area contributed by atoms with Gasteiger partial charge in [-0.15, -0.1) is 0 Å². The van der Waals surface area contributed by atoms with Gasteiger partial charge in [-0.2, -0.15) is 4.73 Å². The summed E-state index contributed by atoms with van der Waals surface area (Å²) in [6.07, 6.45) is 1.40. The van der Waals surface area contributed by atoms with Crippen LogP contribution in [0.1, 0.15) is 12.5 Å². The van der Waals surface area contributed by atoms with Gasteiger partial charge in [-0.1, -0.05) is 11.6 Å². The standard InChI is InChI=1S/C16H17ClN2O3S/c1-10-8-13(14(22-3)9-12(10)17)18-16(20)11(2)23-15-6-4-5-7-19(15)21/h4-9,11H,1-3H3,(H,18,20). The van der Waals surface area contributed by atoms with Gasteiger partial charge in [-0.25, -0.2) is 0 Å². The Morgan fingerprint density at radius 3 is 2.83 bits per heavy atom. The minimum atomic E-state index is -0.446. The van der Waals surface area contributed by atoms with Crippen LogP contribution in [0, 0.1) is 12.1 Å². The Hall–Kier alpha value is -1.92. The maximum absolute atomic E-state index is 12.4. The van der Waals surface area contributed by atoms with E-state index in [2.05, 4.69) is 5.32 Å². The van der Waals surface area contributed by atoms with Gasteiger partial charge in [0.2, 0.25) is 5.91 Å². The largest absolute Gasteiger partial charge is 0.618 e. The second-order valence-corrected chi connectivity index (χ2v) is 6.68. The van der Waals surface area contributed by atoms with Crippen LogP contribution in [0.5, 0.6) is 5.75 Å². The first-order valence-electron chi connectivity index (χ1n) is 6.92. The lowest BCUT2D eigenvalue weighted by Crippen LogP contribution is -2.30. The van der Waals surface area contributed by atoms with Gasteiger partial charge in [-0.05, 0) is 43.3 Å². The monoisotopic (exact) mass is 352 g/mol. The highest BCUT2D eigenvalue weighted by Crippen LogP contribution is 2.31. The summed E-state index contributed by atoms with van der Waals surface area (Å²) < 4.78 is 5.98. The summed E-state index contributed by atoms with van der Waals surface area (Å²) in [5.41, 5.74) is 1.39. The van der Waals surface area contributed by atoms with Crippen LogP contribution in [0.4, 0.5) is 5.69 Å². The summed E-state index contributed by atoms with van der Waals surface area (Å²) in [5.74, 6) is 0.267. The third-order valence-electron chi connectivity index (χ3n) is 3.19. The average molecular weight is 353 g/mol. The van der Waals surface area contributed by atoms with Crippen LogP contribution in [0.2, 0.25) is 5.02 Å². The van der Waals surface area contributed by atoms with Crippen molar-refractivity contribution < 1.29 is 14.3 Å². The third-order valence-corrected chi connectivity index (χ3v) is 4.73. The Morgan fingerprint density at radius 2 is 2.17 bits per heavy atom. The number of pyridine rings is 1. The summed E-state index contributed by atoms with van der Waals surface area (Å²) in [4.78, 5) is 12.4. The number of ether oxygens (including phenoxy) is 1. The molecule has 0 aliphatic carbocycles. The topological polar surface area (TPSA) is 65.3 Å². The van der Waals surface area contributed by atoms with Gasteiger partial charge in [0.15, 0.2) is 6.20 Å². The number of amides is 1. The van der Waals surface area contributed by atoms with Gasteiger partial charge in [-0.3, -0.25) is 4.79 Å². The lowest BCUT2D eigenvalue weighted by molar-refractivity contribution is -0.645. The number of carbonyl (C=O) groups is 1. The van der Waals surface area contributed by atoms with Gasteiger partial charge < -0.3 is 15.3 Å². The molecule has 2 aromatic rings. The number of carbonyl (C=O) groups excluding carboxylic acids is 1. The van der Waals surface area contributed by atoms with Crippen molar-refractivity contribution in [3.05, 3.63) is 52.3 Å². The van der Waals surface area contributed by atoms with Crippen molar-refractivity contribution in [1.29, 1.82) is 0 Å². The highest BCUT2D eigenvalue weighted by molar-refractivity contribution is 8.00. The Balaban J connectivity index is 2.12. The fourth-order valence-electron chi connectivity index (χ4n) is 1.90. The molecule has 5 nitrogen and oxygen atoms in total. The first kappa shape index (κ1) is 17.4. The number of hydrogen-bond donors (Lipinski definition) is 1. The molecule has 0 aliphatic rings. The van der Waals surface area contributed by atoms with Crippen LogP contribution in [-0.2, 0) is 4.79 Å². The molecule has 0 saturated carbocycles. The van der Waals surface area contributed by atoms with Crippen LogP contribution in [0.15, 0.2) is 41.6 Å². The van der Waals surface area contributed by atoms with Crippen LogP contribution in [-0.4, -0.2) is 18.3 Å². The van der Waals surface area contributed by atoms with Crippen LogP contribution in [0.25, 0.3) is 0 Å². The Kier molecular flexibility index (Phi) is 5.74. The number of aryl methyl sites for hydroxylation is 1. The molecule has 0 spiro atoms. The van der Waals surface area contributed by atoms with E-state index in [0.29, 0.717) is 21.5 Å². The van der Waals surface area contributed by atoms with E-state index in [-0.39, 0.29) is 5.91 Å². The molecule has 1 aromatic carbocycles. The van der Waals surface area contributed by atoms with E-state index in [1.165, 1.54) is 25.1 Å².